The average molecular weight is 158 g/mol. The van der Waals surface area contributed by atoms with Crippen LogP contribution in [0.1, 0.15) is 13.3 Å². The van der Waals surface area contributed by atoms with Crippen LogP contribution in [-0.4, -0.2) is 32.2 Å². The van der Waals surface area contributed by atoms with Gasteiger partial charge in [0.15, 0.2) is 6.29 Å². The van der Waals surface area contributed by atoms with Crippen LogP contribution in [0.5, 0.6) is 0 Å². The van der Waals surface area contributed by atoms with Crippen molar-refractivity contribution in [2.45, 2.75) is 31.8 Å². The maximum Gasteiger partial charge on any atom is 0.163 e. The second-order valence-corrected chi connectivity index (χ2v) is 3.33. The first-order valence-corrected chi connectivity index (χ1v) is 4.11. The Balaban J connectivity index is 2.05. The van der Waals surface area contributed by atoms with Crippen LogP contribution in [-0.2, 0) is 14.2 Å². The molecule has 2 saturated heterocycles. The number of rotatable bonds is 1. The predicted octanol–water partition coefficient (Wildman–Crippen LogP) is 0.783. The largest absolute Gasteiger partial charge is 0.381 e. The highest BCUT2D eigenvalue weighted by Crippen LogP contribution is 2.32. The fourth-order valence-electron chi connectivity index (χ4n) is 1.83. The van der Waals surface area contributed by atoms with Crippen LogP contribution in [0.3, 0.4) is 0 Å². The average Bonchev–Trinajstić information content (AvgIpc) is 2.42. The van der Waals surface area contributed by atoms with Gasteiger partial charge in [0.25, 0.3) is 0 Å². The minimum atomic E-state index is -0.0151. The van der Waals surface area contributed by atoms with E-state index in [2.05, 4.69) is 6.92 Å². The summed E-state index contributed by atoms with van der Waals surface area (Å²) in [5, 5.41) is 0. The van der Waals surface area contributed by atoms with E-state index in [1.807, 2.05) is 0 Å². The molecule has 2 bridgehead atoms. The molecular formula is C8H14O3. The van der Waals surface area contributed by atoms with Gasteiger partial charge in [-0.05, 0) is 0 Å². The second-order valence-electron chi connectivity index (χ2n) is 3.33. The number of hydrogen-bond acceptors (Lipinski definition) is 3. The first kappa shape index (κ1) is 7.53. The van der Waals surface area contributed by atoms with E-state index >= 15 is 0 Å². The topological polar surface area (TPSA) is 27.7 Å². The Morgan fingerprint density at radius 1 is 1.45 bits per heavy atom. The van der Waals surface area contributed by atoms with Gasteiger partial charge in [0.05, 0.1) is 18.8 Å². The molecule has 3 heteroatoms. The summed E-state index contributed by atoms with van der Waals surface area (Å²) < 4.78 is 16.3. The van der Waals surface area contributed by atoms with E-state index in [4.69, 9.17) is 14.2 Å². The van der Waals surface area contributed by atoms with Gasteiger partial charge >= 0.3 is 0 Å². The van der Waals surface area contributed by atoms with Crippen LogP contribution in [0, 0.1) is 5.92 Å². The summed E-state index contributed by atoms with van der Waals surface area (Å²) in [6.07, 6.45) is 1.56. The van der Waals surface area contributed by atoms with Gasteiger partial charge < -0.3 is 14.2 Å². The zero-order chi connectivity index (χ0) is 7.84. The van der Waals surface area contributed by atoms with E-state index in [0.717, 1.165) is 13.0 Å². The highest BCUT2D eigenvalue weighted by Gasteiger charge is 2.41. The molecule has 0 aromatic heterocycles. The molecule has 4 atom stereocenters. The van der Waals surface area contributed by atoms with Crippen molar-refractivity contribution in [1.29, 1.82) is 0 Å². The summed E-state index contributed by atoms with van der Waals surface area (Å²) in [5.74, 6) is 0.374. The SMILES string of the molecule is CO[C@H]1CC2CO[C@@H](O2)C1C. The maximum absolute atomic E-state index is 5.54. The third-order valence-electron chi connectivity index (χ3n) is 2.59. The molecule has 0 aliphatic carbocycles. The number of hydrogen-bond donors (Lipinski definition) is 0. The van der Waals surface area contributed by atoms with Crippen molar-refractivity contribution in [2.75, 3.05) is 13.7 Å². The van der Waals surface area contributed by atoms with Gasteiger partial charge in [-0.3, -0.25) is 0 Å². The fourth-order valence-corrected chi connectivity index (χ4v) is 1.83. The molecule has 0 amide bonds. The monoisotopic (exact) mass is 158 g/mol. The Hall–Kier alpha value is -0.120. The molecule has 2 aliphatic rings. The normalized spacial score (nSPS) is 49.6. The Labute approximate surface area is 66.6 Å². The van der Waals surface area contributed by atoms with Crippen LogP contribution in [0.15, 0.2) is 0 Å². The molecule has 0 aromatic carbocycles. The zero-order valence-corrected chi connectivity index (χ0v) is 6.95. The Bertz CT molecular complexity index is 148. The van der Waals surface area contributed by atoms with Crippen molar-refractivity contribution in [3.05, 3.63) is 0 Å². The molecule has 0 saturated carbocycles. The summed E-state index contributed by atoms with van der Waals surface area (Å²) in [4.78, 5) is 0. The minimum Gasteiger partial charge on any atom is -0.381 e. The lowest BCUT2D eigenvalue weighted by atomic mass is 9.97. The summed E-state index contributed by atoms with van der Waals surface area (Å²) >= 11 is 0. The van der Waals surface area contributed by atoms with Gasteiger partial charge in [0.1, 0.15) is 0 Å². The Morgan fingerprint density at radius 2 is 2.27 bits per heavy atom. The standard InChI is InChI=1S/C8H14O3/c1-5-7(9-2)3-6-4-10-8(5)11-6/h5-8H,3-4H2,1-2H3/t5?,6?,7-,8-/m0/s1. The third kappa shape index (κ3) is 1.17. The molecule has 2 heterocycles. The Kier molecular flexibility index (Phi) is 1.87. The maximum atomic E-state index is 5.54. The van der Waals surface area contributed by atoms with Gasteiger partial charge in [-0.15, -0.1) is 0 Å². The molecule has 0 radical (unpaired) electrons. The first-order valence-electron chi connectivity index (χ1n) is 4.11. The lowest BCUT2D eigenvalue weighted by Crippen LogP contribution is -2.38. The highest BCUT2D eigenvalue weighted by atomic mass is 16.7. The predicted molar refractivity (Wildman–Crippen MR) is 39.2 cm³/mol. The van der Waals surface area contributed by atoms with E-state index in [9.17, 15) is 0 Å². The van der Waals surface area contributed by atoms with Crippen LogP contribution < -0.4 is 0 Å². The van der Waals surface area contributed by atoms with Crippen molar-refractivity contribution in [3.63, 3.8) is 0 Å². The summed E-state index contributed by atoms with van der Waals surface area (Å²) in [6, 6.07) is 0. The molecule has 0 spiro atoms. The van der Waals surface area contributed by atoms with E-state index in [1.165, 1.54) is 0 Å². The van der Waals surface area contributed by atoms with Crippen LogP contribution in [0.4, 0.5) is 0 Å². The van der Waals surface area contributed by atoms with Gasteiger partial charge in [0.2, 0.25) is 0 Å². The number of methoxy groups -OCH3 is 1. The van der Waals surface area contributed by atoms with Crippen molar-refractivity contribution in [1.82, 2.24) is 0 Å². The van der Waals surface area contributed by atoms with Crippen molar-refractivity contribution < 1.29 is 14.2 Å². The van der Waals surface area contributed by atoms with Crippen LogP contribution >= 0.6 is 0 Å². The smallest absolute Gasteiger partial charge is 0.163 e. The van der Waals surface area contributed by atoms with Crippen LogP contribution in [0.2, 0.25) is 0 Å². The van der Waals surface area contributed by atoms with Crippen molar-refractivity contribution in [2.24, 2.45) is 5.92 Å². The lowest BCUT2D eigenvalue weighted by molar-refractivity contribution is -0.161. The van der Waals surface area contributed by atoms with E-state index in [-0.39, 0.29) is 12.4 Å². The number of ether oxygens (including phenoxy) is 3. The molecule has 0 aromatic rings. The lowest BCUT2D eigenvalue weighted by Gasteiger charge is -2.31. The quantitative estimate of drug-likeness (QED) is 0.564. The zero-order valence-electron chi connectivity index (χ0n) is 6.95. The van der Waals surface area contributed by atoms with Crippen LogP contribution in [0.25, 0.3) is 0 Å². The second kappa shape index (κ2) is 2.73. The van der Waals surface area contributed by atoms with Gasteiger partial charge in [-0.1, -0.05) is 6.92 Å². The molecule has 2 rings (SSSR count). The minimum absolute atomic E-state index is 0.0151. The van der Waals surface area contributed by atoms with E-state index in [0.29, 0.717) is 12.0 Å². The molecule has 2 unspecified atom stereocenters. The summed E-state index contributed by atoms with van der Waals surface area (Å²) in [6.45, 7) is 2.86. The van der Waals surface area contributed by atoms with Crippen molar-refractivity contribution >= 4 is 0 Å². The third-order valence-corrected chi connectivity index (χ3v) is 2.59. The molecule has 0 N–H and O–H groups in total. The van der Waals surface area contributed by atoms with Gasteiger partial charge in [0, 0.05) is 19.4 Å². The molecule has 11 heavy (non-hydrogen) atoms. The van der Waals surface area contributed by atoms with Crippen molar-refractivity contribution in [3.8, 4) is 0 Å². The van der Waals surface area contributed by atoms with Gasteiger partial charge in [-0.25, -0.2) is 0 Å². The molecule has 3 nitrogen and oxygen atoms in total. The highest BCUT2D eigenvalue weighted by molar-refractivity contribution is 4.83. The molecule has 64 valence electrons. The fraction of sp³-hybridized carbons (Fsp3) is 1.00. The molecular weight excluding hydrogens is 144 g/mol. The first-order chi connectivity index (χ1) is 5.31. The number of fused-ring (bicyclic) bond motifs is 2. The summed E-state index contributed by atoms with van der Waals surface area (Å²) in [5.41, 5.74) is 0. The molecule has 2 aliphatic heterocycles. The van der Waals surface area contributed by atoms with Gasteiger partial charge in [-0.2, -0.15) is 0 Å². The molecule has 2 fully saturated rings. The Morgan fingerprint density at radius 3 is 3.00 bits per heavy atom. The van der Waals surface area contributed by atoms with E-state index in [1.54, 1.807) is 7.11 Å². The van der Waals surface area contributed by atoms with E-state index < -0.39 is 0 Å². The summed E-state index contributed by atoms with van der Waals surface area (Å²) in [7, 11) is 1.76.